The highest BCUT2D eigenvalue weighted by molar-refractivity contribution is 5.53. The van der Waals surface area contributed by atoms with Crippen molar-refractivity contribution in [2.75, 3.05) is 27.2 Å². The van der Waals surface area contributed by atoms with E-state index in [-0.39, 0.29) is 5.92 Å². The molecular weight excluding hydrogens is 252 g/mol. The molecule has 0 aliphatic heterocycles. The first-order chi connectivity index (χ1) is 9.49. The van der Waals surface area contributed by atoms with E-state index in [1.807, 2.05) is 45.0 Å². The summed E-state index contributed by atoms with van der Waals surface area (Å²) in [6, 6.07) is 0. The van der Waals surface area contributed by atoms with Crippen molar-refractivity contribution in [3.05, 3.63) is 23.9 Å². The number of aliphatic hydroxyl groups is 1. The molecule has 0 aromatic rings. The number of rotatable bonds is 9. The fourth-order valence-electron chi connectivity index (χ4n) is 1.41. The molecule has 0 bridgehead atoms. The molecular formula is C15H26N4O. The molecule has 0 spiro atoms. The van der Waals surface area contributed by atoms with Crippen LogP contribution < -0.4 is 10.9 Å². The van der Waals surface area contributed by atoms with E-state index in [1.54, 1.807) is 12.5 Å². The summed E-state index contributed by atoms with van der Waals surface area (Å²) in [5.74, 6) is 2.45. The van der Waals surface area contributed by atoms with E-state index in [0.29, 0.717) is 13.1 Å². The Morgan fingerprint density at radius 1 is 1.50 bits per heavy atom. The van der Waals surface area contributed by atoms with Crippen molar-refractivity contribution in [2.45, 2.75) is 20.0 Å². The average Bonchev–Trinajstić information content (AvgIpc) is 2.41. The van der Waals surface area contributed by atoms with Gasteiger partial charge in [0.25, 0.3) is 0 Å². The van der Waals surface area contributed by atoms with Gasteiger partial charge in [0.2, 0.25) is 0 Å². The summed E-state index contributed by atoms with van der Waals surface area (Å²) in [5, 5.41) is 10.1. The van der Waals surface area contributed by atoms with Crippen LogP contribution in [0.5, 0.6) is 0 Å². The number of terminal acetylenes is 1. The summed E-state index contributed by atoms with van der Waals surface area (Å²) in [5.41, 5.74) is 6.57. The van der Waals surface area contributed by atoms with Gasteiger partial charge in [0.15, 0.2) is 0 Å². The summed E-state index contributed by atoms with van der Waals surface area (Å²) in [6.07, 6.45) is 11.9. The number of hydrogen-bond acceptors (Lipinski definition) is 4. The molecule has 0 aliphatic carbocycles. The molecule has 0 fully saturated rings. The Hall–Kier alpha value is -1.77. The van der Waals surface area contributed by atoms with Crippen LogP contribution in [0.25, 0.3) is 0 Å². The van der Waals surface area contributed by atoms with E-state index in [1.165, 1.54) is 0 Å². The fraction of sp³-hybridized carbons (Fsp3) is 0.533. The standard InChI is InChI=1S/C15H26N4O/c1-6-9-17-18-11-8-14(3)15(20)13(2)7-10-16-12-19(4)5/h1,7-8,11-12,14-15,17-18,20H,9-10H2,2-5H3/b11-8-,13-7-,16-12-. The van der Waals surface area contributed by atoms with Crippen molar-refractivity contribution in [3.8, 4) is 12.3 Å². The zero-order valence-electron chi connectivity index (χ0n) is 12.8. The third kappa shape index (κ3) is 9.20. The van der Waals surface area contributed by atoms with Gasteiger partial charge in [-0.2, -0.15) is 0 Å². The molecule has 0 radical (unpaired) electrons. The number of hydrazine groups is 1. The van der Waals surface area contributed by atoms with Gasteiger partial charge in [-0.1, -0.05) is 25.0 Å². The van der Waals surface area contributed by atoms with Crippen molar-refractivity contribution in [3.63, 3.8) is 0 Å². The van der Waals surface area contributed by atoms with Gasteiger partial charge in [0.1, 0.15) is 0 Å². The van der Waals surface area contributed by atoms with Gasteiger partial charge in [-0.3, -0.25) is 4.99 Å². The third-order valence-electron chi connectivity index (χ3n) is 2.57. The predicted molar refractivity (Wildman–Crippen MR) is 85.1 cm³/mol. The largest absolute Gasteiger partial charge is 0.388 e. The van der Waals surface area contributed by atoms with Gasteiger partial charge in [-0.15, -0.1) is 6.42 Å². The van der Waals surface area contributed by atoms with Gasteiger partial charge in [0.05, 0.1) is 25.5 Å². The topological polar surface area (TPSA) is 59.9 Å². The van der Waals surface area contributed by atoms with Crippen LogP contribution in [-0.2, 0) is 0 Å². The van der Waals surface area contributed by atoms with Crippen molar-refractivity contribution in [1.82, 2.24) is 15.8 Å². The van der Waals surface area contributed by atoms with Gasteiger partial charge >= 0.3 is 0 Å². The van der Waals surface area contributed by atoms with Gasteiger partial charge in [-0.05, 0) is 12.5 Å². The van der Waals surface area contributed by atoms with E-state index >= 15 is 0 Å². The van der Waals surface area contributed by atoms with Crippen LogP contribution in [0, 0.1) is 18.3 Å². The molecule has 0 saturated heterocycles. The lowest BCUT2D eigenvalue weighted by Gasteiger charge is -2.16. The van der Waals surface area contributed by atoms with Crippen LogP contribution in [0.3, 0.4) is 0 Å². The van der Waals surface area contributed by atoms with E-state index in [4.69, 9.17) is 6.42 Å². The smallest absolute Gasteiger partial charge is 0.0848 e. The van der Waals surface area contributed by atoms with Crippen molar-refractivity contribution >= 4 is 6.34 Å². The summed E-state index contributed by atoms with van der Waals surface area (Å²) >= 11 is 0. The molecule has 2 atom stereocenters. The number of hydrogen-bond donors (Lipinski definition) is 3. The third-order valence-corrected chi connectivity index (χ3v) is 2.57. The summed E-state index contributed by atoms with van der Waals surface area (Å²) in [4.78, 5) is 6.08. The van der Waals surface area contributed by atoms with Crippen LogP contribution in [0.4, 0.5) is 0 Å². The normalized spacial score (nSPS) is 15.3. The molecule has 112 valence electrons. The van der Waals surface area contributed by atoms with E-state index in [9.17, 15) is 5.11 Å². The zero-order valence-corrected chi connectivity index (χ0v) is 12.8. The second kappa shape index (κ2) is 11.1. The minimum atomic E-state index is -0.518. The van der Waals surface area contributed by atoms with Gasteiger partial charge in [-0.25, -0.2) is 5.43 Å². The molecule has 0 aromatic carbocycles. The van der Waals surface area contributed by atoms with Crippen molar-refractivity contribution in [1.29, 1.82) is 0 Å². The molecule has 3 N–H and O–H groups in total. The predicted octanol–water partition coefficient (Wildman–Crippen LogP) is 0.761. The minimum Gasteiger partial charge on any atom is -0.388 e. The number of nitrogens with one attached hydrogen (secondary N) is 2. The maximum atomic E-state index is 10.1. The molecule has 2 unspecified atom stereocenters. The van der Waals surface area contributed by atoms with E-state index < -0.39 is 6.10 Å². The SMILES string of the molecule is C#CCNN/C=C\C(C)C(O)/C(C)=C\C/N=C\N(C)C. The first kappa shape index (κ1) is 18.2. The second-order valence-corrected chi connectivity index (χ2v) is 4.76. The van der Waals surface area contributed by atoms with E-state index in [2.05, 4.69) is 21.8 Å². The molecule has 0 aliphatic rings. The highest BCUT2D eigenvalue weighted by Crippen LogP contribution is 2.13. The second-order valence-electron chi connectivity index (χ2n) is 4.76. The lowest BCUT2D eigenvalue weighted by atomic mass is 9.98. The summed E-state index contributed by atoms with van der Waals surface area (Å²) in [6.45, 7) is 4.87. The zero-order chi connectivity index (χ0) is 15.4. The quantitative estimate of drug-likeness (QED) is 0.146. The Labute approximate surface area is 122 Å². The average molecular weight is 278 g/mol. The van der Waals surface area contributed by atoms with Gasteiger partial charge in [0, 0.05) is 26.2 Å². The molecule has 0 heterocycles. The highest BCUT2D eigenvalue weighted by Gasteiger charge is 2.12. The molecule has 5 heteroatoms. The maximum absolute atomic E-state index is 10.1. The maximum Gasteiger partial charge on any atom is 0.0848 e. The monoisotopic (exact) mass is 278 g/mol. The fourth-order valence-corrected chi connectivity index (χ4v) is 1.41. The first-order valence-corrected chi connectivity index (χ1v) is 6.58. The lowest BCUT2D eigenvalue weighted by Crippen LogP contribution is -2.27. The Kier molecular flexibility index (Phi) is 10.1. The Morgan fingerprint density at radius 3 is 2.80 bits per heavy atom. The first-order valence-electron chi connectivity index (χ1n) is 6.58. The number of aliphatic imine (C=N–C) groups is 1. The van der Waals surface area contributed by atoms with Crippen molar-refractivity contribution < 1.29 is 5.11 Å². The minimum absolute atomic E-state index is 0.00390. The summed E-state index contributed by atoms with van der Waals surface area (Å²) in [7, 11) is 3.84. The van der Waals surface area contributed by atoms with Crippen LogP contribution in [0.1, 0.15) is 13.8 Å². The van der Waals surface area contributed by atoms with Crippen LogP contribution >= 0.6 is 0 Å². The molecule has 0 rings (SSSR count). The Balaban J connectivity index is 4.17. The number of aliphatic hydroxyl groups excluding tert-OH is 1. The van der Waals surface area contributed by atoms with E-state index in [0.717, 1.165) is 5.57 Å². The molecule has 5 nitrogen and oxygen atoms in total. The molecule has 0 amide bonds. The van der Waals surface area contributed by atoms with Crippen LogP contribution in [-0.4, -0.2) is 49.6 Å². The molecule has 0 aromatic heterocycles. The van der Waals surface area contributed by atoms with Gasteiger partial charge < -0.3 is 15.4 Å². The lowest BCUT2D eigenvalue weighted by molar-refractivity contribution is 0.172. The van der Waals surface area contributed by atoms with Crippen LogP contribution in [0.2, 0.25) is 0 Å². The number of nitrogens with zero attached hydrogens (tertiary/aromatic N) is 2. The summed E-state index contributed by atoms with van der Waals surface area (Å²) < 4.78 is 0. The van der Waals surface area contributed by atoms with Crippen molar-refractivity contribution in [2.24, 2.45) is 10.9 Å². The highest BCUT2D eigenvalue weighted by atomic mass is 16.3. The Bertz CT molecular complexity index is 380. The molecule has 0 saturated carbocycles. The van der Waals surface area contributed by atoms with Crippen LogP contribution in [0.15, 0.2) is 28.9 Å². The molecule has 20 heavy (non-hydrogen) atoms. The Morgan fingerprint density at radius 2 is 2.20 bits per heavy atom.